The number of carbonyl (C=O) groups is 1. The van der Waals surface area contributed by atoms with Gasteiger partial charge in [-0.3, -0.25) is 14.5 Å². The second-order valence-electron chi connectivity index (χ2n) is 11.2. The number of rotatable bonds is 5. The number of benzene rings is 2. The predicted octanol–water partition coefficient (Wildman–Crippen LogP) is 4.97. The first kappa shape index (κ1) is 24.7. The topological polar surface area (TPSA) is 63.0 Å². The first-order valence-electron chi connectivity index (χ1n) is 12.9. The van der Waals surface area contributed by atoms with E-state index in [9.17, 15) is 9.59 Å². The summed E-state index contributed by atoms with van der Waals surface area (Å²) >= 11 is 0. The molecule has 190 valence electrons. The van der Waals surface area contributed by atoms with E-state index in [1.165, 1.54) is 5.56 Å². The van der Waals surface area contributed by atoms with Crippen molar-refractivity contribution in [3.8, 4) is 0 Å². The molecule has 0 N–H and O–H groups in total. The van der Waals surface area contributed by atoms with E-state index in [2.05, 4.69) is 49.9 Å². The number of hydrogen-bond acceptors (Lipinski definition) is 5. The molecule has 1 aromatic heterocycles. The molecule has 6 heteroatoms. The quantitative estimate of drug-likeness (QED) is 0.507. The van der Waals surface area contributed by atoms with Crippen molar-refractivity contribution in [2.45, 2.75) is 52.5 Å². The van der Waals surface area contributed by atoms with Crippen LogP contribution in [-0.2, 0) is 10.2 Å². The van der Waals surface area contributed by atoms with E-state index in [0.29, 0.717) is 23.1 Å². The Labute approximate surface area is 212 Å². The van der Waals surface area contributed by atoms with Gasteiger partial charge in [-0.05, 0) is 60.1 Å². The second-order valence-corrected chi connectivity index (χ2v) is 11.2. The number of fused-ring (bicyclic) bond motifs is 2. The van der Waals surface area contributed by atoms with Crippen LogP contribution in [0.25, 0.3) is 11.0 Å². The summed E-state index contributed by atoms with van der Waals surface area (Å²) < 4.78 is 11.6. The molecule has 1 saturated heterocycles. The zero-order valence-electron chi connectivity index (χ0n) is 22.0. The fraction of sp³-hybridized carbons (Fsp3) is 0.467. The molecule has 1 atom stereocenters. The van der Waals surface area contributed by atoms with Gasteiger partial charge in [-0.2, -0.15) is 0 Å². The Kier molecular flexibility index (Phi) is 6.52. The Morgan fingerprint density at radius 1 is 0.944 bits per heavy atom. The van der Waals surface area contributed by atoms with Crippen LogP contribution < -0.4 is 5.43 Å². The number of ether oxygens (including phenoxy) is 1. The summed E-state index contributed by atoms with van der Waals surface area (Å²) in [5, 5.41) is 0.538. The molecule has 3 aromatic rings. The van der Waals surface area contributed by atoms with E-state index in [0.717, 1.165) is 56.0 Å². The van der Waals surface area contributed by atoms with Crippen molar-refractivity contribution in [3.05, 3.63) is 80.2 Å². The van der Waals surface area contributed by atoms with Crippen LogP contribution in [0.2, 0.25) is 0 Å². The average Bonchev–Trinajstić information content (AvgIpc) is 3.12. The van der Waals surface area contributed by atoms with Gasteiger partial charge in [-0.25, -0.2) is 0 Å². The van der Waals surface area contributed by atoms with Crippen LogP contribution in [0.4, 0.5) is 0 Å². The number of nitrogens with zero attached hydrogens (tertiary/aromatic N) is 2. The molecule has 0 aliphatic carbocycles. The highest BCUT2D eigenvalue weighted by Gasteiger charge is 2.42. The highest BCUT2D eigenvalue weighted by molar-refractivity contribution is 5.99. The summed E-state index contributed by atoms with van der Waals surface area (Å²) in [6.45, 7) is 15.3. The molecular weight excluding hydrogens is 452 g/mol. The third kappa shape index (κ3) is 4.48. The SMILES string of the molecule is Cc1cc2oc3c(c(=O)c2cc1C)[C@@H](c1ccc(C(C)(C)C)cc1)N(CCCN1CCOCC1)C3=O. The van der Waals surface area contributed by atoms with Gasteiger partial charge in [0.15, 0.2) is 5.43 Å². The number of morpholine rings is 1. The van der Waals surface area contributed by atoms with Gasteiger partial charge in [0.05, 0.1) is 30.2 Å². The minimum Gasteiger partial charge on any atom is -0.450 e. The van der Waals surface area contributed by atoms with E-state index < -0.39 is 6.04 Å². The smallest absolute Gasteiger partial charge is 0.290 e. The Balaban J connectivity index is 1.56. The minimum absolute atomic E-state index is 0.0182. The molecule has 0 saturated carbocycles. The molecule has 0 spiro atoms. The largest absolute Gasteiger partial charge is 0.450 e. The molecular formula is C30H36N2O4. The van der Waals surface area contributed by atoms with Crippen LogP contribution in [-0.4, -0.2) is 55.1 Å². The van der Waals surface area contributed by atoms with Gasteiger partial charge in [0.25, 0.3) is 5.91 Å². The molecule has 1 amide bonds. The van der Waals surface area contributed by atoms with Gasteiger partial charge in [-0.1, -0.05) is 45.0 Å². The van der Waals surface area contributed by atoms with Crippen molar-refractivity contribution in [3.63, 3.8) is 0 Å². The summed E-state index contributed by atoms with van der Waals surface area (Å²) in [4.78, 5) is 31.7. The van der Waals surface area contributed by atoms with Crippen LogP contribution in [0.15, 0.2) is 45.6 Å². The molecule has 0 bridgehead atoms. The van der Waals surface area contributed by atoms with Crippen molar-refractivity contribution in [1.29, 1.82) is 0 Å². The zero-order chi connectivity index (χ0) is 25.6. The molecule has 6 nitrogen and oxygen atoms in total. The maximum absolute atomic E-state index is 13.8. The lowest BCUT2D eigenvalue weighted by molar-refractivity contribution is 0.0353. The molecule has 5 rings (SSSR count). The molecule has 0 unspecified atom stereocenters. The third-order valence-electron chi connectivity index (χ3n) is 7.65. The molecule has 2 aliphatic heterocycles. The summed E-state index contributed by atoms with van der Waals surface area (Å²) in [5.74, 6) is -0.0128. The molecule has 0 radical (unpaired) electrons. The van der Waals surface area contributed by atoms with Crippen LogP contribution in [0.1, 0.15) is 71.6 Å². The standard InChI is InChI=1S/C30H36N2O4/c1-19-17-23-24(18-20(19)2)36-28-25(27(23)33)26(21-7-9-22(10-8-21)30(3,4)5)32(29(28)34)12-6-11-31-13-15-35-16-14-31/h7-10,17-18,26H,6,11-16H2,1-5H3/t26-/m1/s1. The molecule has 2 aliphatic rings. The molecule has 2 aromatic carbocycles. The van der Waals surface area contributed by atoms with Gasteiger partial charge < -0.3 is 14.1 Å². The summed E-state index contributed by atoms with van der Waals surface area (Å²) in [7, 11) is 0. The Hall–Kier alpha value is -2.96. The van der Waals surface area contributed by atoms with Gasteiger partial charge in [-0.15, -0.1) is 0 Å². The number of carbonyl (C=O) groups excluding carboxylic acids is 1. The second kappa shape index (κ2) is 9.49. The van der Waals surface area contributed by atoms with E-state index in [1.54, 1.807) is 0 Å². The Bertz CT molecular complexity index is 1340. The molecule has 3 heterocycles. The Morgan fingerprint density at radius 2 is 1.61 bits per heavy atom. The fourth-order valence-corrected chi connectivity index (χ4v) is 5.31. The van der Waals surface area contributed by atoms with Crippen LogP contribution >= 0.6 is 0 Å². The molecule has 1 fully saturated rings. The lowest BCUT2D eigenvalue weighted by Crippen LogP contribution is -2.38. The monoisotopic (exact) mass is 488 g/mol. The predicted molar refractivity (Wildman–Crippen MR) is 142 cm³/mol. The van der Waals surface area contributed by atoms with Crippen molar-refractivity contribution in [2.75, 3.05) is 39.4 Å². The maximum Gasteiger partial charge on any atom is 0.290 e. The van der Waals surface area contributed by atoms with E-state index in [-0.39, 0.29) is 22.5 Å². The van der Waals surface area contributed by atoms with Crippen molar-refractivity contribution >= 4 is 16.9 Å². The number of aryl methyl sites for hydroxylation is 2. The highest BCUT2D eigenvalue weighted by atomic mass is 16.5. The first-order chi connectivity index (χ1) is 17.1. The van der Waals surface area contributed by atoms with Crippen LogP contribution in [0, 0.1) is 13.8 Å². The van der Waals surface area contributed by atoms with Crippen molar-refractivity contribution < 1.29 is 13.9 Å². The summed E-state index contributed by atoms with van der Waals surface area (Å²) in [5.41, 5.74) is 5.08. The van der Waals surface area contributed by atoms with Gasteiger partial charge >= 0.3 is 0 Å². The number of hydrogen-bond donors (Lipinski definition) is 0. The van der Waals surface area contributed by atoms with Crippen LogP contribution in [0.5, 0.6) is 0 Å². The third-order valence-corrected chi connectivity index (χ3v) is 7.65. The fourth-order valence-electron chi connectivity index (χ4n) is 5.31. The van der Waals surface area contributed by atoms with Crippen LogP contribution in [0.3, 0.4) is 0 Å². The van der Waals surface area contributed by atoms with E-state index in [4.69, 9.17) is 9.15 Å². The zero-order valence-corrected chi connectivity index (χ0v) is 22.0. The summed E-state index contributed by atoms with van der Waals surface area (Å²) in [6.07, 6.45) is 0.822. The normalized spacial score (nSPS) is 18.8. The van der Waals surface area contributed by atoms with Crippen molar-refractivity contribution in [1.82, 2.24) is 9.80 Å². The van der Waals surface area contributed by atoms with Crippen molar-refractivity contribution in [2.24, 2.45) is 0 Å². The molecule has 36 heavy (non-hydrogen) atoms. The summed E-state index contributed by atoms with van der Waals surface area (Å²) in [6, 6.07) is 11.7. The van der Waals surface area contributed by atoms with Gasteiger partial charge in [0, 0.05) is 26.2 Å². The highest BCUT2D eigenvalue weighted by Crippen LogP contribution is 2.39. The number of amides is 1. The lowest BCUT2D eigenvalue weighted by Gasteiger charge is -2.29. The Morgan fingerprint density at radius 3 is 2.28 bits per heavy atom. The van der Waals surface area contributed by atoms with E-state index >= 15 is 0 Å². The van der Waals surface area contributed by atoms with E-state index in [1.807, 2.05) is 30.9 Å². The average molecular weight is 489 g/mol. The first-order valence-corrected chi connectivity index (χ1v) is 12.9. The minimum atomic E-state index is -0.450. The maximum atomic E-state index is 13.8. The lowest BCUT2D eigenvalue weighted by atomic mass is 9.86. The van der Waals surface area contributed by atoms with Gasteiger partial charge in [0.1, 0.15) is 5.58 Å². The van der Waals surface area contributed by atoms with Gasteiger partial charge in [0.2, 0.25) is 5.76 Å².